The van der Waals surface area contributed by atoms with Gasteiger partial charge in [-0.25, -0.2) is 20.0 Å². The minimum Gasteiger partial charge on any atom is -0.354 e. The van der Waals surface area contributed by atoms with Gasteiger partial charge in [-0.15, -0.1) is 11.3 Å². The van der Waals surface area contributed by atoms with Crippen molar-refractivity contribution in [2.24, 2.45) is 11.8 Å². The molecule has 0 aliphatic heterocycles. The normalized spacial score (nSPS) is 13.8. The number of nitrogens with one attached hydrogen (secondary N) is 3. The Kier molecular flexibility index (Phi) is 12.5. The molecule has 0 unspecified atom stereocenters. The third kappa shape index (κ3) is 10.4. The van der Waals surface area contributed by atoms with Crippen LogP contribution in [-0.2, 0) is 20.6 Å². The quantitative estimate of drug-likeness (QED) is 0.102. The number of hydrogen-bond donors (Lipinski definition) is 4. The highest BCUT2D eigenvalue weighted by Gasteiger charge is 2.35. The molecule has 11 nitrogen and oxygen atoms in total. The van der Waals surface area contributed by atoms with Crippen molar-refractivity contribution in [3.05, 3.63) is 29.5 Å². The molecule has 2 aromatic rings. The third-order valence-corrected chi connectivity index (χ3v) is 6.44. The van der Waals surface area contributed by atoms with E-state index in [9.17, 15) is 32.8 Å². The predicted molar refractivity (Wildman–Crippen MR) is 139 cm³/mol. The lowest BCUT2D eigenvalue weighted by Gasteiger charge is -2.32. The Morgan fingerprint density at radius 3 is 2.51 bits per heavy atom. The number of amides is 3. The van der Waals surface area contributed by atoms with Crippen LogP contribution in [-0.4, -0.2) is 62.1 Å². The maximum absolute atomic E-state index is 13.4. The zero-order chi connectivity index (χ0) is 29.0. The fraction of sp³-hybridized carbons (Fsp3) is 0.583. The van der Waals surface area contributed by atoms with Gasteiger partial charge in [0.15, 0.2) is 5.13 Å². The summed E-state index contributed by atoms with van der Waals surface area (Å²) in [6.07, 6.45) is -0.123. The van der Waals surface area contributed by atoms with Crippen LogP contribution in [0.15, 0.2) is 23.8 Å². The second-order valence-electron chi connectivity index (χ2n) is 9.30. The first-order chi connectivity index (χ1) is 18.5. The number of nitrogens with zero attached hydrogens (tertiary/aromatic N) is 4. The molecule has 0 bridgehead atoms. The lowest BCUT2D eigenvalue weighted by atomic mass is 9.86. The summed E-state index contributed by atoms with van der Waals surface area (Å²) < 4.78 is 38.7. The van der Waals surface area contributed by atoms with Crippen LogP contribution in [0.3, 0.4) is 0 Å². The van der Waals surface area contributed by atoms with Gasteiger partial charge in [-0.3, -0.25) is 19.6 Å². The number of hydroxylamine groups is 2. The highest BCUT2D eigenvalue weighted by atomic mass is 32.1. The Labute approximate surface area is 228 Å². The summed E-state index contributed by atoms with van der Waals surface area (Å²) >= 11 is 1.19. The van der Waals surface area contributed by atoms with E-state index < -0.39 is 41.7 Å². The molecule has 0 aliphatic carbocycles. The summed E-state index contributed by atoms with van der Waals surface area (Å²) in [5, 5.41) is 20.8. The van der Waals surface area contributed by atoms with Crippen molar-refractivity contribution >= 4 is 40.6 Å². The summed E-state index contributed by atoms with van der Waals surface area (Å²) in [4.78, 5) is 49.0. The van der Waals surface area contributed by atoms with E-state index >= 15 is 0 Å². The molecule has 0 fully saturated rings. The summed E-state index contributed by atoms with van der Waals surface area (Å²) in [7, 11) is 0. The summed E-state index contributed by atoms with van der Waals surface area (Å²) in [6, 6.07) is -1.04. The fourth-order valence-corrected chi connectivity index (χ4v) is 4.50. The molecule has 3 amide bonds. The van der Waals surface area contributed by atoms with Gasteiger partial charge in [0.25, 0.3) is 0 Å². The van der Waals surface area contributed by atoms with E-state index in [1.54, 1.807) is 5.38 Å². The van der Waals surface area contributed by atoms with E-state index in [2.05, 4.69) is 30.9 Å². The Morgan fingerprint density at radius 2 is 1.92 bits per heavy atom. The SMILES string of the molecule is CCC[C@@H]([C@@H](CC(C)C)C(=O)N[C@@H](CCCNc1nccc(C(F)(F)F)n1)C(=O)Nc1nccs1)N(O)C=O. The monoisotopic (exact) mass is 573 g/mol. The first kappa shape index (κ1) is 31.9. The first-order valence-corrected chi connectivity index (χ1v) is 13.4. The Hall–Kier alpha value is -3.33. The van der Waals surface area contributed by atoms with E-state index in [0.29, 0.717) is 29.5 Å². The molecule has 4 N–H and O–H groups in total. The number of halogens is 3. The average molecular weight is 574 g/mol. The van der Waals surface area contributed by atoms with Gasteiger partial charge in [-0.1, -0.05) is 27.2 Å². The number of alkyl halides is 3. The number of rotatable bonds is 16. The Balaban J connectivity index is 2.15. The van der Waals surface area contributed by atoms with Crippen LogP contribution in [0.1, 0.15) is 58.6 Å². The zero-order valence-electron chi connectivity index (χ0n) is 21.9. The van der Waals surface area contributed by atoms with Gasteiger partial charge < -0.3 is 16.0 Å². The number of carbonyl (C=O) groups excluding carboxylic acids is 3. The molecule has 39 heavy (non-hydrogen) atoms. The molecule has 0 saturated heterocycles. The average Bonchev–Trinajstić information content (AvgIpc) is 3.39. The summed E-state index contributed by atoms with van der Waals surface area (Å²) in [6.45, 7) is 5.79. The van der Waals surface area contributed by atoms with Gasteiger partial charge in [-0.2, -0.15) is 13.2 Å². The van der Waals surface area contributed by atoms with Gasteiger partial charge in [0.1, 0.15) is 11.7 Å². The smallest absolute Gasteiger partial charge is 0.354 e. The largest absolute Gasteiger partial charge is 0.433 e. The van der Waals surface area contributed by atoms with Gasteiger partial charge in [0, 0.05) is 24.3 Å². The van der Waals surface area contributed by atoms with Gasteiger partial charge in [0.2, 0.25) is 24.2 Å². The van der Waals surface area contributed by atoms with Crippen LogP contribution < -0.4 is 16.0 Å². The highest BCUT2D eigenvalue weighted by Crippen LogP contribution is 2.27. The number of aromatic nitrogens is 3. The Bertz CT molecular complexity index is 1060. The predicted octanol–water partition coefficient (Wildman–Crippen LogP) is 3.95. The van der Waals surface area contributed by atoms with Crippen LogP contribution in [0.2, 0.25) is 0 Å². The van der Waals surface area contributed by atoms with Gasteiger partial charge in [-0.05, 0) is 37.7 Å². The fourth-order valence-electron chi connectivity index (χ4n) is 3.97. The number of carbonyl (C=O) groups is 3. The van der Waals surface area contributed by atoms with Gasteiger partial charge in [0.05, 0.1) is 12.0 Å². The molecule has 3 atom stereocenters. The first-order valence-electron chi connectivity index (χ1n) is 12.5. The standard InChI is InChI=1S/C24H34F3N7O4S/c1-4-6-18(34(38)14-35)16(13-15(2)3)20(36)31-17(21(37)33-23-30-11-12-39-23)7-5-9-28-22-29-10-8-19(32-22)24(25,26)27/h8,10-12,14-18,38H,4-7,9,13H2,1-3H3,(H,31,36)(H,28,29,32)(H,30,33,37)/t16-,17+,18+/m1/s1. The minimum absolute atomic E-state index is 0.0550. The van der Waals surface area contributed by atoms with Gasteiger partial charge >= 0.3 is 6.18 Å². The summed E-state index contributed by atoms with van der Waals surface area (Å²) in [5.41, 5.74) is -1.08. The second kappa shape index (κ2) is 15.3. The molecule has 2 heterocycles. The summed E-state index contributed by atoms with van der Waals surface area (Å²) in [5.74, 6) is -1.97. The molecular weight excluding hydrogens is 539 g/mol. The van der Waals surface area contributed by atoms with E-state index in [1.807, 2.05) is 20.8 Å². The minimum atomic E-state index is -4.61. The van der Waals surface area contributed by atoms with Crippen molar-refractivity contribution in [1.29, 1.82) is 0 Å². The maximum Gasteiger partial charge on any atom is 0.433 e. The molecule has 0 saturated carbocycles. The lowest BCUT2D eigenvalue weighted by Crippen LogP contribution is -2.51. The van der Waals surface area contributed by atoms with Crippen molar-refractivity contribution in [2.75, 3.05) is 17.2 Å². The van der Waals surface area contributed by atoms with Crippen LogP contribution in [0.25, 0.3) is 0 Å². The van der Waals surface area contributed by atoms with Crippen molar-refractivity contribution in [3.63, 3.8) is 0 Å². The van der Waals surface area contributed by atoms with E-state index in [-0.39, 0.29) is 37.7 Å². The van der Waals surface area contributed by atoms with Crippen LogP contribution in [0, 0.1) is 11.8 Å². The molecule has 0 spiro atoms. The molecular formula is C24H34F3N7O4S. The number of thiazole rings is 1. The van der Waals surface area contributed by atoms with E-state index in [1.165, 1.54) is 17.5 Å². The van der Waals surface area contributed by atoms with Crippen LogP contribution >= 0.6 is 11.3 Å². The third-order valence-electron chi connectivity index (χ3n) is 5.75. The van der Waals surface area contributed by atoms with Crippen molar-refractivity contribution < 1.29 is 32.8 Å². The van der Waals surface area contributed by atoms with Crippen molar-refractivity contribution in [2.45, 2.75) is 71.1 Å². The second-order valence-corrected chi connectivity index (χ2v) is 10.2. The highest BCUT2D eigenvalue weighted by molar-refractivity contribution is 7.13. The molecule has 0 radical (unpaired) electrons. The van der Waals surface area contributed by atoms with Crippen LogP contribution in [0.5, 0.6) is 0 Å². The number of anilines is 2. The topological polar surface area (TPSA) is 149 Å². The number of hydrogen-bond acceptors (Lipinski definition) is 9. The van der Waals surface area contributed by atoms with Crippen LogP contribution in [0.4, 0.5) is 24.3 Å². The maximum atomic E-state index is 13.4. The molecule has 2 aromatic heterocycles. The van der Waals surface area contributed by atoms with Crippen molar-refractivity contribution in [1.82, 2.24) is 25.3 Å². The molecule has 2 rings (SSSR count). The van der Waals surface area contributed by atoms with E-state index in [4.69, 9.17) is 0 Å². The lowest BCUT2D eigenvalue weighted by molar-refractivity contribution is -0.169. The Morgan fingerprint density at radius 1 is 1.18 bits per heavy atom. The zero-order valence-corrected chi connectivity index (χ0v) is 22.8. The van der Waals surface area contributed by atoms with E-state index in [0.717, 1.165) is 12.3 Å². The molecule has 0 aromatic carbocycles. The molecule has 216 valence electrons. The molecule has 0 aliphatic rings. The van der Waals surface area contributed by atoms with Crippen molar-refractivity contribution in [3.8, 4) is 0 Å². The molecule has 15 heteroatoms.